The van der Waals surface area contributed by atoms with Crippen LogP contribution in [0.1, 0.15) is 10.5 Å². The maximum absolute atomic E-state index is 13.0. The number of aromatic carboxylic acids is 1. The van der Waals surface area contributed by atoms with E-state index < -0.39 is 5.97 Å². The molecule has 0 bridgehead atoms. The van der Waals surface area contributed by atoms with Crippen LogP contribution >= 0.6 is 15.9 Å². The summed E-state index contributed by atoms with van der Waals surface area (Å²) in [6, 6.07) is 5.43. The van der Waals surface area contributed by atoms with Crippen LogP contribution < -0.4 is 0 Å². The Morgan fingerprint density at radius 1 is 1.40 bits per heavy atom. The van der Waals surface area contributed by atoms with Gasteiger partial charge in [0.2, 0.25) is 0 Å². The van der Waals surface area contributed by atoms with Gasteiger partial charge in [0.15, 0.2) is 0 Å². The molecule has 2 aromatic rings. The summed E-state index contributed by atoms with van der Waals surface area (Å²) < 4.78 is 13.4. The number of hydrogen-bond acceptors (Lipinski definition) is 2. The summed E-state index contributed by atoms with van der Waals surface area (Å²) in [7, 11) is 0. The van der Waals surface area contributed by atoms with Crippen molar-refractivity contribution in [2.45, 2.75) is 0 Å². The molecule has 3 nitrogen and oxygen atoms in total. The number of carbonyl (C=O) groups is 1. The minimum Gasteiger partial charge on any atom is -0.477 e. The van der Waals surface area contributed by atoms with Crippen molar-refractivity contribution in [3.63, 3.8) is 0 Å². The molecule has 76 valence electrons. The second-order valence-electron chi connectivity index (χ2n) is 2.96. The highest BCUT2D eigenvalue weighted by Gasteiger charge is 2.08. The van der Waals surface area contributed by atoms with Gasteiger partial charge in [-0.1, -0.05) is 6.07 Å². The maximum Gasteiger partial charge on any atom is 0.354 e. The van der Waals surface area contributed by atoms with Gasteiger partial charge in [0, 0.05) is 9.86 Å². The fourth-order valence-corrected chi connectivity index (χ4v) is 1.81. The lowest BCUT2D eigenvalue weighted by Crippen LogP contribution is -2.00. The molecule has 15 heavy (non-hydrogen) atoms. The predicted octanol–water partition coefficient (Wildman–Crippen LogP) is 2.83. The first-order chi connectivity index (χ1) is 7.08. The predicted molar refractivity (Wildman–Crippen MR) is 56.4 cm³/mol. The van der Waals surface area contributed by atoms with E-state index in [1.54, 1.807) is 0 Å². The van der Waals surface area contributed by atoms with E-state index in [9.17, 15) is 9.18 Å². The fourth-order valence-electron chi connectivity index (χ4n) is 1.28. The van der Waals surface area contributed by atoms with Crippen molar-refractivity contribution in [2.24, 2.45) is 0 Å². The van der Waals surface area contributed by atoms with Gasteiger partial charge >= 0.3 is 5.97 Å². The van der Waals surface area contributed by atoms with Gasteiger partial charge in [-0.3, -0.25) is 0 Å². The number of fused-ring (bicyclic) bond motifs is 1. The first-order valence-corrected chi connectivity index (χ1v) is 4.86. The van der Waals surface area contributed by atoms with E-state index in [1.165, 1.54) is 24.3 Å². The zero-order valence-electron chi connectivity index (χ0n) is 7.37. The Morgan fingerprint density at radius 3 is 2.80 bits per heavy atom. The Labute approximate surface area is 92.7 Å². The molecule has 0 saturated carbocycles. The van der Waals surface area contributed by atoms with Crippen molar-refractivity contribution in [1.29, 1.82) is 0 Å². The zero-order chi connectivity index (χ0) is 11.0. The molecule has 0 radical (unpaired) electrons. The van der Waals surface area contributed by atoms with E-state index in [-0.39, 0.29) is 11.5 Å². The van der Waals surface area contributed by atoms with Gasteiger partial charge in [0.25, 0.3) is 0 Å². The van der Waals surface area contributed by atoms with Crippen molar-refractivity contribution in [2.75, 3.05) is 0 Å². The Bertz CT molecular complexity index is 556. The largest absolute Gasteiger partial charge is 0.477 e. The van der Waals surface area contributed by atoms with E-state index in [4.69, 9.17) is 5.11 Å². The number of nitrogens with zero attached hydrogens (tertiary/aromatic N) is 1. The highest BCUT2D eigenvalue weighted by molar-refractivity contribution is 9.10. The lowest BCUT2D eigenvalue weighted by Gasteiger charge is -2.01. The molecule has 0 aliphatic heterocycles. The van der Waals surface area contributed by atoms with Crippen LogP contribution in [0.3, 0.4) is 0 Å². The minimum atomic E-state index is -1.10. The average molecular weight is 270 g/mol. The molecule has 0 amide bonds. The molecule has 0 unspecified atom stereocenters. The van der Waals surface area contributed by atoms with Crippen molar-refractivity contribution in [3.8, 4) is 0 Å². The second kappa shape index (κ2) is 3.58. The summed E-state index contributed by atoms with van der Waals surface area (Å²) >= 11 is 3.14. The van der Waals surface area contributed by atoms with Gasteiger partial charge < -0.3 is 5.11 Å². The molecule has 1 aromatic carbocycles. The van der Waals surface area contributed by atoms with Crippen LogP contribution in [0.4, 0.5) is 4.39 Å². The van der Waals surface area contributed by atoms with Crippen molar-refractivity contribution < 1.29 is 14.3 Å². The van der Waals surface area contributed by atoms with E-state index in [2.05, 4.69) is 20.9 Å². The number of benzene rings is 1. The van der Waals surface area contributed by atoms with Crippen LogP contribution in [0.2, 0.25) is 0 Å². The SMILES string of the molecule is O=C(O)c1ccc2cc(F)cc(Br)c2n1. The summed E-state index contributed by atoms with van der Waals surface area (Å²) in [5.74, 6) is -1.49. The number of halogens is 2. The van der Waals surface area contributed by atoms with Crippen molar-refractivity contribution in [3.05, 3.63) is 40.2 Å². The Balaban J connectivity index is 2.76. The Kier molecular flexibility index (Phi) is 2.40. The molecule has 0 atom stereocenters. The monoisotopic (exact) mass is 269 g/mol. The molecule has 2 rings (SSSR count). The first kappa shape index (κ1) is 10.0. The third-order valence-corrected chi connectivity index (χ3v) is 2.53. The molecule has 1 heterocycles. The molecule has 5 heteroatoms. The van der Waals surface area contributed by atoms with Gasteiger partial charge in [-0.15, -0.1) is 0 Å². The summed E-state index contributed by atoms with van der Waals surface area (Å²) in [4.78, 5) is 14.6. The molecule has 0 spiro atoms. The van der Waals surface area contributed by atoms with Crippen LogP contribution in [0, 0.1) is 5.82 Å². The number of rotatable bonds is 1. The molecule has 0 fully saturated rings. The van der Waals surface area contributed by atoms with Crippen molar-refractivity contribution in [1.82, 2.24) is 4.98 Å². The highest BCUT2D eigenvalue weighted by Crippen LogP contribution is 2.23. The Morgan fingerprint density at radius 2 is 2.13 bits per heavy atom. The van der Waals surface area contributed by atoms with E-state index in [1.807, 2.05) is 0 Å². The molecular formula is C10H5BrFNO2. The number of carboxylic acids is 1. The topological polar surface area (TPSA) is 50.2 Å². The molecule has 0 aliphatic rings. The maximum atomic E-state index is 13.0. The van der Waals surface area contributed by atoms with Gasteiger partial charge in [0.05, 0.1) is 5.52 Å². The van der Waals surface area contributed by atoms with Crippen LogP contribution in [0.25, 0.3) is 10.9 Å². The molecule has 1 aromatic heterocycles. The lowest BCUT2D eigenvalue weighted by atomic mass is 10.2. The van der Waals surface area contributed by atoms with Crippen LogP contribution in [0.15, 0.2) is 28.7 Å². The third kappa shape index (κ3) is 1.83. The normalized spacial score (nSPS) is 10.5. The smallest absolute Gasteiger partial charge is 0.354 e. The summed E-state index contributed by atoms with van der Waals surface area (Å²) in [5.41, 5.74) is 0.381. The third-order valence-electron chi connectivity index (χ3n) is 1.93. The van der Waals surface area contributed by atoms with Crippen LogP contribution in [0.5, 0.6) is 0 Å². The van der Waals surface area contributed by atoms with Crippen molar-refractivity contribution >= 4 is 32.8 Å². The van der Waals surface area contributed by atoms with E-state index >= 15 is 0 Å². The molecular weight excluding hydrogens is 265 g/mol. The molecule has 0 saturated heterocycles. The van der Waals surface area contributed by atoms with Gasteiger partial charge in [-0.25, -0.2) is 14.2 Å². The van der Waals surface area contributed by atoms with Crippen LogP contribution in [-0.4, -0.2) is 16.1 Å². The van der Waals surface area contributed by atoms with Gasteiger partial charge in [0.1, 0.15) is 11.5 Å². The fraction of sp³-hybridized carbons (Fsp3) is 0. The summed E-state index contributed by atoms with van der Waals surface area (Å²) in [5, 5.41) is 9.30. The van der Waals surface area contributed by atoms with E-state index in [0.717, 1.165) is 0 Å². The summed E-state index contributed by atoms with van der Waals surface area (Å²) in [6.45, 7) is 0. The van der Waals surface area contributed by atoms with Gasteiger partial charge in [-0.05, 0) is 34.1 Å². The number of pyridine rings is 1. The molecule has 1 N–H and O–H groups in total. The average Bonchev–Trinajstić information content (AvgIpc) is 2.16. The zero-order valence-corrected chi connectivity index (χ0v) is 8.95. The quantitative estimate of drug-likeness (QED) is 0.866. The minimum absolute atomic E-state index is 0.0604. The summed E-state index contributed by atoms with van der Waals surface area (Å²) in [6.07, 6.45) is 0. The number of hydrogen-bond donors (Lipinski definition) is 1. The highest BCUT2D eigenvalue weighted by atomic mass is 79.9. The number of aromatic nitrogens is 1. The first-order valence-electron chi connectivity index (χ1n) is 4.07. The van der Waals surface area contributed by atoms with Crippen LogP contribution in [-0.2, 0) is 0 Å². The van der Waals surface area contributed by atoms with E-state index in [0.29, 0.717) is 15.4 Å². The molecule has 0 aliphatic carbocycles. The second-order valence-corrected chi connectivity index (χ2v) is 3.82. The number of carboxylic acid groups (broad SMARTS) is 1. The standard InChI is InChI=1S/C10H5BrFNO2/c11-7-4-6(12)3-5-1-2-8(10(14)15)13-9(5)7/h1-4H,(H,14,15). The lowest BCUT2D eigenvalue weighted by molar-refractivity contribution is 0.0691. The van der Waals surface area contributed by atoms with Gasteiger partial charge in [-0.2, -0.15) is 0 Å². The Hall–Kier alpha value is -1.49.